The fourth-order valence-corrected chi connectivity index (χ4v) is 4.00. The highest BCUT2D eigenvalue weighted by atomic mass is 32.2. The van der Waals surface area contributed by atoms with Crippen LogP contribution in [0.4, 0.5) is 0 Å². The second-order valence-electron chi connectivity index (χ2n) is 6.61. The van der Waals surface area contributed by atoms with Crippen LogP contribution in [0, 0.1) is 0 Å². The van der Waals surface area contributed by atoms with E-state index in [0.29, 0.717) is 23.1 Å². The molecule has 0 unspecified atom stereocenters. The summed E-state index contributed by atoms with van der Waals surface area (Å²) < 4.78 is 17.8. The molecule has 0 N–H and O–H groups in total. The zero-order chi connectivity index (χ0) is 21.6. The number of rotatable bonds is 8. The topological polar surface area (TPSA) is 79.4 Å². The molecule has 0 saturated heterocycles. The van der Waals surface area contributed by atoms with E-state index in [0.717, 1.165) is 22.8 Å². The first-order chi connectivity index (χ1) is 15.2. The number of esters is 1. The molecule has 0 aliphatic rings. The molecule has 2 aromatic carbocycles. The van der Waals surface area contributed by atoms with Gasteiger partial charge in [-0.25, -0.2) is 4.79 Å². The number of methoxy groups -OCH3 is 2. The highest BCUT2D eigenvalue weighted by Gasteiger charge is 2.19. The minimum Gasteiger partial charge on any atom is -0.495 e. The van der Waals surface area contributed by atoms with Crippen molar-refractivity contribution >= 4 is 17.7 Å². The number of hydrogen-bond acceptors (Lipinski definition) is 7. The molecule has 4 rings (SSSR count). The summed E-state index contributed by atoms with van der Waals surface area (Å²) in [5.74, 6) is 2.32. The first kappa shape index (κ1) is 20.7. The zero-order valence-corrected chi connectivity index (χ0v) is 18.0. The number of ether oxygens (including phenoxy) is 2. The van der Waals surface area contributed by atoms with Crippen LogP contribution in [0.3, 0.4) is 0 Å². The van der Waals surface area contributed by atoms with Crippen molar-refractivity contribution in [3.8, 4) is 11.4 Å². The molecular weight excluding hydrogens is 414 g/mol. The summed E-state index contributed by atoms with van der Waals surface area (Å²) in [4.78, 5) is 11.6. The third kappa shape index (κ3) is 4.64. The van der Waals surface area contributed by atoms with Crippen molar-refractivity contribution < 1.29 is 18.7 Å². The lowest BCUT2D eigenvalue weighted by Crippen LogP contribution is -2.05. The van der Waals surface area contributed by atoms with Crippen LogP contribution >= 0.6 is 11.8 Å². The third-order valence-electron chi connectivity index (χ3n) is 4.62. The minimum atomic E-state index is -0.501. The predicted molar refractivity (Wildman–Crippen MR) is 117 cm³/mol. The number of carbonyl (C=O) groups is 1. The molecule has 0 saturated carbocycles. The van der Waals surface area contributed by atoms with E-state index in [2.05, 4.69) is 22.3 Å². The number of nitrogens with zero attached hydrogens (tertiary/aromatic N) is 3. The van der Waals surface area contributed by atoms with Gasteiger partial charge >= 0.3 is 5.97 Å². The van der Waals surface area contributed by atoms with E-state index in [-0.39, 0.29) is 5.76 Å². The normalized spacial score (nSPS) is 10.8. The molecule has 0 aliphatic heterocycles. The van der Waals surface area contributed by atoms with Crippen LogP contribution in [0.25, 0.3) is 5.69 Å². The maximum atomic E-state index is 11.6. The summed E-state index contributed by atoms with van der Waals surface area (Å²) in [7, 11) is 2.97. The summed E-state index contributed by atoms with van der Waals surface area (Å²) in [5, 5.41) is 9.58. The van der Waals surface area contributed by atoms with Crippen molar-refractivity contribution in [3.63, 3.8) is 0 Å². The number of aromatic nitrogens is 3. The minimum absolute atomic E-state index is 0.175. The first-order valence-electron chi connectivity index (χ1n) is 9.61. The number of hydrogen-bond donors (Lipinski definition) is 0. The van der Waals surface area contributed by atoms with E-state index in [9.17, 15) is 4.79 Å². The Kier molecular flexibility index (Phi) is 6.37. The summed E-state index contributed by atoms with van der Waals surface area (Å²) in [6.45, 7) is 0. The van der Waals surface area contributed by atoms with Gasteiger partial charge in [-0.2, -0.15) is 0 Å². The Morgan fingerprint density at radius 3 is 2.55 bits per heavy atom. The van der Waals surface area contributed by atoms with E-state index in [1.165, 1.54) is 18.9 Å². The Morgan fingerprint density at radius 2 is 1.77 bits per heavy atom. The Hall–Kier alpha value is -3.52. The van der Waals surface area contributed by atoms with Gasteiger partial charge in [-0.15, -0.1) is 10.2 Å². The van der Waals surface area contributed by atoms with Crippen LogP contribution in [0.5, 0.6) is 5.75 Å². The van der Waals surface area contributed by atoms with Crippen LogP contribution in [-0.4, -0.2) is 35.0 Å². The lowest BCUT2D eigenvalue weighted by Gasteiger charge is -2.13. The van der Waals surface area contributed by atoms with E-state index < -0.39 is 5.97 Å². The smallest absolute Gasteiger partial charge is 0.373 e. The van der Waals surface area contributed by atoms with Crippen LogP contribution in [0.15, 0.2) is 76.3 Å². The van der Waals surface area contributed by atoms with E-state index >= 15 is 0 Å². The van der Waals surface area contributed by atoms with Gasteiger partial charge in [0.05, 0.1) is 25.7 Å². The molecule has 0 atom stereocenters. The van der Waals surface area contributed by atoms with Crippen molar-refractivity contribution in [1.82, 2.24) is 14.8 Å². The van der Waals surface area contributed by atoms with Gasteiger partial charge in [0.2, 0.25) is 5.76 Å². The van der Waals surface area contributed by atoms with Crippen molar-refractivity contribution in [1.29, 1.82) is 0 Å². The summed E-state index contributed by atoms with van der Waals surface area (Å²) in [6, 6.07) is 21.2. The van der Waals surface area contributed by atoms with Gasteiger partial charge in [-0.1, -0.05) is 54.2 Å². The number of para-hydroxylation sites is 2. The molecule has 0 aliphatic carbocycles. The maximum absolute atomic E-state index is 11.6. The summed E-state index contributed by atoms with van der Waals surface area (Å²) in [5.41, 5.74) is 1.99. The summed E-state index contributed by atoms with van der Waals surface area (Å²) >= 11 is 1.47. The highest BCUT2D eigenvalue weighted by molar-refractivity contribution is 7.98. The van der Waals surface area contributed by atoms with Crippen molar-refractivity contribution in [2.24, 2.45) is 0 Å². The predicted octanol–water partition coefficient (Wildman–Crippen LogP) is 4.54. The Labute approximate surface area is 184 Å². The van der Waals surface area contributed by atoms with Crippen LogP contribution in [0.2, 0.25) is 0 Å². The average molecular weight is 436 g/mol. The Morgan fingerprint density at radius 1 is 1.00 bits per heavy atom. The van der Waals surface area contributed by atoms with Gasteiger partial charge in [-0.3, -0.25) is 4.57 Å². The van der Waals surface area contributed by atoms with Gasteiger partial charge in [0, 0.05) is 6.42 Å². The van der Waals surface area contributed by atoms with Gasteiger partial charge in [-0.05, 0) is 29.8 Å². The van der Waals surface area contributed by atoms with Crippen molar-refractivity contribution in [2.45, 2.75) is 17.3 Å². The molecule has 0 radical (unpaired) electrons. The van der Waals surface area contributed by atoms with Crippen molar-refractivity contribution in [2.75, 3.05) is 14.2 Å². The number of carbonyl (C=O) groups excluding carboxylic acids is 1. The van der Waals surface area contributed by atoms with Crippen LogP contribution in [0.1, 0.15) is 27.7 Å². The number of thioether (sulfide) groups is 1. The standard InChI is InChI=1S/C23H21N3O4S/c1-28-19-11-7-6-10-18(19)26-21(14-16-8-4-3-5-9-16)24-25-23(26)31-15-17-12-13-20(30-17)22(27)29-2/h3-13H,14-15H2,1-2H3. The highest BCUT2D eigenvalue weighted by Crippen LogP contribution is 2.31. The first-order valence-corrected chi connectivity index (χ1v) is 10.6. The SMILES string of the molecule is COC(=O)c1ccc(CSc2nnc(Cc3ccccc3)n2-c2ccccc2OC)o1. The fraction of sp³-hybridized carbons (Fsp3) is 0.174. The molecular formula is C23H21N3O4S. The summed E-state index contributed by atoms with van der Waals surface area (Å²) in [6.07, 6.45) is 0.625. The van der Waals surface area contributed by atoms with Gasteiger partial charge in [0.15, 0.2) is 5.16 Å². The quantitative estimate of drug-likeness (QED) is 0.297. The monoisotopic (exact) mass is 435 g/mol. The van der Waals surface area contributed by atoms with Crippen LogP contribution in [-0.2, 0) is 16.9 Å². The lowest BCUT2D eigenvalue weighted by molar-refractivity contribution is 0.0563. The molecule has 31 heavy (non-hydrogen) atoms. The number of furan rings is 1. The molecule has 4 aromatic rings. The van der Waals surface area contributed by atoms with Gasteiger partial charge in [0.25, 0.3) is 0 Å². The van der Waals surface area contributed by atoms with E-state index in [1.807, 2.05) is 47.0 Å². The molecule has 0 fully saturated rings. The average Bonchev–Trinajstić information content (AvgIpc) is 3.45. The lowest BCUT2D eigenvalue weighted by atomic mass is 10.1. The zero-order valence-electron chi connectivity index (χ0n) is 17.1. The molecule has 0 spiro atoms. The van der Waals surface area contributed by atoms with Crippen LogP contribution < -0.4 is 4.74 Å². The number of benzene rings is 2. The second kappa shape index (κ2) is 9.53. The molecule has 0 bridgehead atoms. The molecule has 158 valence electrons. The maximum Gasteiger partial charge on any atom is 0.373 e. The largest absolute Gasteiger partial charge is 0.495 e. The molecule has 8 heteroatoms. The van der Waals surface area contributed by atoms with Gasteiger partial charge < -0.3 is 13.9 Å². The molecule has 2 heterocycles. The Bertz CT molecular complexity index is 1170. The third-order valence-corrected chi connectivity index (χ3v) is 5.57. The fourth-order valence-electron chi connectivity index (χ4n) is 3.14. The molecule has 0 amide bonds. The Balaban J connectivity index is 1.65. The molecule has 2 aromatic heterocycles. The van der Waals surface area contributed by atoms with E-state index in [4.69, 9.17) is 13.9 Å². The van der Waals surface area contributed by atoms with E-state index in [1.54, 1.807) is 19.2 Å². The second-order valence-corrected chi connectivity index (χ2v) is 7.56. The van der Waals surface area contributed by atoms with Crippen molar-refractivity contribution in [3.05, 3.63) is 89.6 Å². The van der Waals surface area contributed by atoms with Gasteiger partial charge in [0.1, 0.15) is 17.3 Å². The molecule has 7 nitrogen and oxygen atoms in total.